The normalized spacial score (nSPS) is 11.0. The molecule has 2 aromatic carbocycles. The Labute approximate surface area is 239 Å². The number of thiophene rings is 1. The van der Waals surface area contributed by atoms with Crippen molar-refractivity contribution in [1.29, 1.82) is 0 Å². The predicted octanol–water partition coefficient (Wildman–Crippen LogP) is 4.99. The van der Waals surface area contributed by atoms with Gasteiger partial charge in [-0.05, 0) is 62.7 Å². The van der Waals surface area contributed by atoms with Crippen LogP contribution in [0.3, 0.4) is 0 Å². The monoisotopic (exact) mass is 572 g/mol. The quantitative estimate of drug-likeness (QED) is 0.247. The highest BCUT2D eigenvalue weighted by molar-refractivity contribution is 7.20. The molecule has 0 aliphatic carbocycles. The number of rotatable bonds is 9. The number of nitrogens with two attached hydrogens (primary N) is 1. The van der Waals surface area contributed by atoms with Crippen molar-refractivity contribution in [3.05, 3.63) is 82.8 Å². The molecule has 11 heteroatoms. The van der Waals surface area contributed by atoms with Gasteiger partial charge in [0.05, 0.1) is 35.2 Å². The highest BCUT2D eigenvalue weighted by atomic mass is 32.1. The molecule has 0 spiro atoms. The van der Waals surface area contributed by atoms with Crippen LogP contribution in [0.5, 0.6) is 5.75 Å². The fraction of sp³-hybridized carbons (Fsp3) is 0.200. The summed E-state index contributed by atoms with van der Waals surface area (Å²) in [6.07, 6.45) is 3.67. The second-order valence-corrected chi connectivity index (χ2v) is 10.3. The van der Waals surface area contributed by atoms with Crippen molar-refractivity contribution in [3.63, 3.8) is 0 Å². The SMILES string of the molecule is CCOC(=O)COC(=O)c1cc2c(cc(-c3ccc(-n4ccnc4C)cc3C)n2-c2ccc(C(N)=O)c(OC)c2)s1. The van der Waals surface area contributed by atoms with Crippen molar-refractivity contribution in [2.75, 3.05) is 20.3 Å². The first-order valence-corrected chi connectivity index (χ1v) is 13.6. The minimum absolute atomic E-state index is 0.201. The number of aryl methyl sites for hydroxylation is 2. The van der Waals surface area contributed by atoms with Crippen LogP contribution in [0.1, 0.15) is 38.3 Å². The van der Waals surface area contributed by atoms with E-state index >= 15 is 0 Å². The number of benzene rings is 2. The largest absolute Gasteiger partial charge is 0.496 e. The number of amides is 1. The number of esters is 2. The average molecular weight is 573 g/mol. The molecule has 0 aliphatic heterocycles. The molecule has 0 bridgehead atoms. The molecule has 0 atom stereocenters. The lowest BCUT2D eigenvalue weighted by atomic mass is 10.0. The van der Waals surface area contributed by atoms with Crippen LogP contribution in [-0.4, -0.2) is 52.3 Å². The van der Waals surface area contributed by atoms with Gasteiger partial charge in [0.2, 0.25) is 0 Å². The van der Waals surface area contributed by atoms with E-state index in [0.717, 1.165) is 38.5 Å². The summed E-state index contributed by atoms with van der Waals surface area (Å²) in [6.45, 7) is 5.40. The molecule has 1 amide bonds. The van der Waals surface area contributed by atoms with Crippen molar-refractivity contribution in [2.24, 2.45) is 5.73 Å². The number of fused-ring (bicyclic) bond motifs is 1. The van der Waals surface area contributed by atoms with Gasteiger partial charge >= 0.3 is 11.9 Å². The van der Waals surface area contributed by atoms with Gasteiger partial charge in [0.25, 0.3) is 5.91 Å². The Morgan fingerprint density at radius 2 is 1.78 bits per heavy atom. The standard InChI is InChI=1S/C30H28N4O6S/c1-5-39-28(35)16-40-30(37)27-15-24-26(41-27)14-23(34(24)20-7-9-22(29(31)36)25(13-20)38-4)21-8-6-19(12-17(21)2)33-11-10-32-18(33)3/h6-15H,5,16H2,1-4H3,(H2,31,36). The van der Waals surface area contributed by atoms with E-state index in [1.807, 2.05) is 47.4 Å². The van der Waals surface area contributed by atoms with E-state index in [1.165, 1.54) is 18.4 Å². The van der Waals surface area contributed by atoms with Gasteiger partial charge in [0.15, 0.2) is 6.61 Å². The van der Waals surface area contributed by atoms with E-state index in [0.29, 0.717) is 16.3 Å². The molecule has 2 N–H and O–H groups in total. The number of methoxy groups -OCH3 is 1. The highest BCUT2D eigenvalue weighted by Crippen LogP contribution is 2.39. The molecule has 3 heterocycles. The molecule has 10 nitrogen and oxygen atoms in total. The smallest absolute Gasteiger partial charge is 0.348 e. The van der Waals surface area contributed by atoms with Crippen molar-refractivity contribution in [1.82, 2.24) is 14.1 Å². The Bertz CT molecular complexity index is 1800. The van der Waals surface area contributed by atoms with Crippen LogP contribution in [0.25, 0.3) is 32.8 Å². The van der Waals surface area contributed by atoms with E-state index in [9.17, 15) is 14.4 Å². The maximum absolute atomic E-state index is 12.8. The third-order valence-electron chi connectivity index (χ3n) is 6.62. The van der Waals surface area contributed by atoms with Crippen LogP contribution in [0.15, 0.2) is 60.9 Å². The zero-order valence-electron chi connectivity index (χ0n) is 23.0. The predicted molar refractivity (Wildman–Crippen MR) is 155 cm³/mol. The third-order valence-corrected chi connectivity index (χ3v) is 7.67. The number of hydrogen-bond donors (Lipinski definition) is 1. The first-order chi connectivity index (χ1) is 19.7. The highest BCUT2D eigenvalue weighted by Gasteiger charge is 2.22. The molecule has 0 aliphatic rings. The van der Waals surface area contributed by atoms with Gasteiger partial charge in [-0.3, -0.25) is 4.79 Å². The van der Waals surface area contributed by atoms with E-state index in [1.54, 1.807) is 37.4 Å². The summed E-state index contributed by atoms with van der Waals surface area (Å²) in [5, 5.41) is 0. The van der Waals surface area contributed by atoms with E-state index < -0.39 is 24.5 Å². The zero-order chi connectivity index (χ0) is 29.3. The lowest BCUT2D eigenvalue weighted by molar-refractivity contribution is -0.146. The number of hydrogen-bond acceptors (Lipinski definition) is 8. The van der Waals surface area contributed by atoms with Crippen molar-refractivity contribution in [3.8, 4) is 28.4 Å². The third kappa shape index (κ3) is 5.31. The summed E-state index contributed by atoms with van der Waals surface area (Å²) in [7, 11) is 1.47. The number of carbonyl (C=O) groups is 3. The van der Waals surface area contributed by atoms with Crippen LogP contribution in [0, 0.1) is 13.8 Å². The van der Waals surface area contributed by atoms with E-state index in [2.05, 4.69) is 11.1 Å². The first-order valence-electron chi connectivity index (χ1n) is 12.8. The fourth-order valence-electron chi connectivity index (χ4n) is 4.73. The van der Waals surface area contributed by atoms with E-state index in [-0.39, 0.29) is 12.2 Å². The Kier molecular flexibility index (Phi) is 7.62. The molecule has 0 saturated carbocycles. The van der Waals surface area contributed by atoms with Crippen LogP contribution in [0.4, 0.5) is 0 Å². The Morgan fingerprint density at radius 3 is 2.44 bits per heavy atom. The lowest BCUT2D eigenvalue weighted by Crippen LogP contribution is -2.15. The van der Waals surface area contributed by atoms with Crippen LogP contribution >= 0.6 is 11.3 Å². The molecule has 5 aromatic rings. The zero-order valence-corrected chi connectivity index (χ0v) is 23.8. The second kappa shape index (κ2) is 11.3. The van der Waals surface area contributed by atoms with Gasteiger partial charge < -0.3 is 29.1 Å². The lowest BCUT2D eigenvalue weighted by Gasteiger charge is -2.16. The number of primary amides is 1. The van der Waals surface area contributed by atoms with Crippen LogP contribution < -0.4 is 10.5 Å². The number of imidazole rings is 1. The summed E-state index contributed by atoms with van der Waals surface area (Å²) in [4.78, 5) is 41.1. The van der Waals surface area contributed by atoms with Crippen molar-refractivity contribution < 1.29 is 28.6 Å². The second-order valence-electron chi connectivity index (χ2n) is 9.20. The summed E-state index contributed by atoms with van der Waals surface area (Å²) >= 11 is 1.26. The number of carbonyl (C=O) groups excluding carboxylic acids is 3. The molecule has 0 unspecified atom stereocenters. The van der Waals surface area contributed by atoms with Crippen molar-refractivity contribution >= 4 is 39.4 Å². The molecule has 0 radical (unpaired) electrons. The molecule has 0 fully saturated rings. The maximum atomic E-state index is 12.8. The Balaban J connectivity index is 1.63. The number of ether oxygens (including phenoxy) is 3. The summed E-state index contributed by atoms with van der Waals surface area (Å²) < 4.78 is 20.3. The first kappa shape index (κ1) is 27.7. The average Bonchev–Trinajstić information content (AvgIpc) is 3.65. The van der Waals surface area contributed by atoms with Crippen LogP contribution in [-0.2, 0) is 14.3 Å². The Morgan fingerprint density at radius 1 is 1.00 bits per heavy atom. The molecule has 41 heavy (non-hydrogen) atoms. The Hall–Kier alpha value is -4.90. The van der Waals surface area contributed by atoms with E-state index in [4.69, 9.17) is 19.9 Å². The maximum Gasteiger partial charge on any atom is 0.348 e. The summed E-state index contributed by atoms with van der Waals surface area (Å²) in [6, 6.07) is 15.0. The molecular weight excluding hydrogens is 544 g/mol. The van der Waals surface area contributed by atoms with Crippen molar-refractivity contribution in [2.45, 2.75) is 20.8 Å². The number of aromatic nitrogens is 3. The molecule has 210 valence electrons. The summed E-state index contributed by atoms with van der Waals surface area (Å²) in [5.41, 5.74) is 11.1. The van der Waals surface area contributed by atoms with Gasteiger partial charge in [-0.1, -0.05) is 6.07 Å². The molecule has 0 saturated heterocycles. The minimum atomic E-state index is -0.620. The van der Waals surface area contributed by atoms with Crippen LogP contribution in [0.2, 0.25) is 0 Å². The number of nitrogens with zero attached hydrogens (tertiary/aromatic N) is 3. The van der Waals surface area contributed by atoms with Gasteiger partial charge in [-0.15, -0.1) is 11.3 Å². The molecule has 3 aromatic heterocycles. The summed E-state index contributed by atoms with van der Waals surface area (Å²) in [5.74, 6) is -0.625. The van der Waals surface area contributed by atoms with Gasteiger partial charge in [0, 0.05) is 35.4 Å². The molecular formula is C30H28N4O6S. The minimum Gasteiger partial charge on any atom is -0.496 e. The van der Waals surface area contributed by atoms with Gasteiger partial charge in [-0.2, -0.15) is 0 Å². The van der Waals surface area contributed by atoms with Gasteiger partial charge in [-0.25, -0.2) is 14.6 Å². The molecule has 5 rings (SSSR count). The fourth-order valence-corrected chi connectivity index (χ4v) is 5.70. The topological polar surface area (TPSA) is 128 Å². The van der Waals surface area contributed by atoms with Gasteiger partial charge in [0.1, 0.15) is 16.5 Å².